The fraction of sp³-hybridized carbons (Fsp3) is 0.700. The van der Waals surface area contributed by atoms with Crippen LogP contribution in [0.2, 0.25) is 0 Å². The van der Waals surface area contributed by atoms with E-state index in [0.29, 0.717) is 11.3 Å². The molecule has 2 N–H and O–H groups in total. The first-order valence-electron chi connectivity index (χ1n) is 8.93. The first-order valence-corrected chi connectivity index (χ1v) is 8.93. The molecule has 2 atom stereocenters. The van der Waals surface area contributed by atoms with Crippen LogP contribution in [0.25, 0.3) is 0 Å². The maximum atomic E-state index is 6.60. The molecule has 21 heavy (non-hydrogen) atoms. The topological polar surface area (TPSA) is 26.0 Å². The van der Waals surface area contributed by atoms with Crippen LogP contribution < -0.4 is 5.73 Å². The normalized spacial score (nSPS) is 27.7. The Kier molecular flexibility index (Phi) is 4.40. The first-order chi connectivity index (χ1) is 10.1. The lowest BCUT2D eigenvalue weighted by Crippen LogP contribution is -2.29. The van der Waals surface area contributed by atoms with Crippen LogP contribution in [0.3, 0.4) is 0 Å². The Morgan fingerprint density at radius 2 is 1.62 bits per heavy atom. The van der Waals surface area contributed by atoms with Crippen LogP contribution in [0.5, 0.6) is 0 Å². The summed E-state index contributed by atoms with van der Waals surface area (Å²) in [6.45, 7) is 4.78. The van der Waals surface area contributed by atoms with Crippen LogP contribution in [-0.4, -0.2) is 0 Å². The lowest BCUT2D eigenvalue weighted by molar-refractivity contribution is 0.222. The summed E-state index contributed by atoms with van der Waals surface area (Å²) < 4.78 is 0. The molecule has 1 aromatic carbocycles. The summed E-state index contributed by atoms with van der Waals surface area (Å²) in [5, 5.41) is 0. The SMILES string of the molecule is CC1(C)CCCC1C(N)c1ccc(C2CCCCC2)cc1. The van der Waals surface area contributed by atoms with Crippen molar-refractivity contribution in [3.05, 3.63) is 35.4 Å². The van der Waals surface area contributed by atoms with Crippen molar-refractivity contribution in [2.24, 2.45) is 17.1 Å². The van der Waals surface area contributed by atoms with Gasteiger partial charge in [0, 0.05) is 6.04 Å². The molecule has 0 bridgehead atoms. The van der Waals surface area contributed by atoms with Crippen LogP contribution in [-0.2, 0) is 0 Å². The average Bonchev–Trinajstić information content (AvgIpc) is 2.87. The van der Waals surface area contributed by atoms with Gasteiger partial charge in [-0.05, 0) is 54.1 Å². The molecule has 0 radical (unpaired) electrons. The fourth-order valence-corrected chi connectivity index (χ4v) is 4.68. The Morgan fingerprint density at radius 3 is 2.19 bits per heavy atom. The summed E-state index contributed by atoms with van der Waals surface area (Å²) in [5.74, 6) is 1.44. The summed E-state index contributed by atoms with van der Waals surface area (Å²) >= 11 is 0. The molecule has 2 fully saturated rings. The fourth-order valence-electron chi connectivity index (χ4n) is 4.68. The van der Waals surface area contributed by atoms with E-state index in [4.69, 9.17) is 5.73 Å². The Bertz CT molecular complexity index is 453. The van der Waals surface area contributed by atoms with Gasteiger partial charge in [-0.3, -0.25) is 0 Å². The van der Waals surface area contributed by atoms with Crippen LogP contribution >= 0.6 is 0 Å². The lowest BCUT2D eigenvalue weighted by Gasteiger charge is -2.32. The minimum atomic E-state index is 0.211. The highest BCUT2D eigenvalue weighted by Gasteiger charge is 2.38. The van der Waals surface area contributed by atoms with E-state index in [2.05, 4.69) is 38.1 Å². The van der Waals surface area contributed by atoms with Crippen molar-refractivity contribution in [3.63, 3.8) is 0 Å². The zero-order valence-corrected chi connectivity index (χ0v) is 13.8. The molecule has 1 heteroatoms. The molecule has 0 aliphatic heterocycles. The molecule has 0 heterocycles. The Labute approximate surface area is 130 Å². The predicted molar refractivity (Wildman–Crippen MR) is 90.3 cm³/mol. The second-order valence-corrected chi connectivity index (χ2v) is 8.01. The van der Waals surface area contributed by atoms with Gasteiger partial charge in [-0.1, -0.05) is 63.8 Å². The maximum absolute atomic E-state index is 6.60. The standard InChI is InChI=1S/C20H31N/c1-20(2)14-6-9-18(20)19(21)17-12-10-16(11-13-17)15-7-4-3-5-8-15/h10-13,15,18-19H,3-9,14,21H2,1-2H3. The highest BCUT2D eigenvalue weighted by Crippen LogP contribution is 2.48. The number of hydrogen-bond donors (Lipinski definition) is 1. The predicted octanol–water partition coefficient (Wildman–Crippen LogP) is 5.56. The van der Waals surface area contributed by atoms with Gasteiger partial charge in [-0.25, -0.2) is 0 Å². The van der Waals surface area contributed by atoms with E-state index >= 15 is 0 Å². The molecular weight excluding hydrogens is 254 g/mol. The van der Waals surface area contributed by atoms with Gasteiger partial charge >= 0.3 is 0 Å². The molecule has 0 saturated heterocycles. The Balaban J connectivity index is 1.71. The third-order valence-electron chi connectivity index (χ3n) is 6.17. The van der Waals surface area contributed by atoms with Gasteiger partial charge in [0.1, 0.15) is 0 Å². The average molecular weight is 285 g/mol. The largest absolute Gasteiger partial charge is 0.324 e. The van der Waals surface area contributed by atoms with Crippen LogP contribution in [0.15, 0.2) is 24.3 Å². The Hall–Kier alpha value is -0.820. The number of nitrogens with two attached hydrogens (primary N) is 1. The Morgan fingerprint density at radius 1 is 0.952 bits per heavy atom. The third-order valence-corrected chi connectivity index (χ3v) is 6.17. The van der Waals surface area contributed by atoms with Crippen LogP contribution in [0, 0.1) is 11.3 Å². The van der Waals surface area contributed by atoms with Gasteiger partial charge in [0.2, 0.25) is 0 Å². The van der Waals surface area contributed by atoms with Gasteiger partial charge < -0.3 is 5.73 Å². The second-order valence-electron chi connectivity index (χ2n) is 8.01. The van der Waals surface area contributed by atoms with Crippen molar-refractivity contribution in [1.29, 1.82) is 0 Å². The second kappa shape index (κ2) is 6.12. The number of rotatable bonds is 3. The summed E-state index contributed by atoms with van der Waals surface area (Å²) in [6, 6.07) is 9.54. The molecule has 2 saturated carbocycles. The molecule has 0 aromatic heterocycles. The van der Waals surface area contributed by atoms with E-state index in [1.54, 1.807) is 0 Å². The quantitative estimate of drug-likeness (QED) is 0.773. The smallest absolute Gasteiger partial charge is 0.0328 e. The van der Waals surface area contributed by atoms with Crippen molar-refractivity contribution in [1.82, 2.24) is 0 Å². The summed E-state index contributed by atoms with van der Waals surface area (Å²) in [7, 11) is 0. The van der Waals surface area contributed by atoms with Gasteiger partial charge in [-0.15, -0.1) is 0 Å². The van der Waals surface area contributed by atoms with Crippen molar-refractivity contribution >= 4 is 0 Å². The molecule has 0 amide bonds. The summed E-state index contributed by atoms with van der Waals surface area (Å²) in [6.07, 6.45) is 10.9. The number of benzene rings is 1. The van der Waals surface area contributed by atoms with E-state index in [-0.39, 0.29) is 6.04 Å². The van der Waals surface area contributed by atoms with E-state index in [1.807, 2.05) is 0 Å². The highest BCUT2D eigenvalue weighted by molar-refractivity contribution is 5.28. The molecule has 0 spiro atoms. The van der Waals surface area contributed by atoms with Crippen LogP contribution in [0.1, 0.15) is 88.3 Å². The third kappa shape index (κ3) is 3.18. The number of hydrogen-bond acceptors (Lipinski definition) is 1. The van der Waals surface area contributed by atoms with Gasteiger partial charge in [0.15, 0.2) is 0 Å². The molecule has 3 rings (SSSR count). The zero-order valence-electron chi connectivity index (χ0n) is 13.8. The van der Waals surface area contributed by atoms with E-state index in [1.165, 1.54) is 62.5 Å². The highest BCUT2D eigenvalue weighted by atomic mass is 14.7. The van der Waals surface area contributed by atoms with E-state index in [9.17, 15) is 0 Å². The van der Waals surface area contributed by atoms with Gasteiger partial charge in [0.05, 0.1) is 0 Å². The van der Waals surface area contributed by atoms with E-state index < -0.39 is 0 Å². The molecular formula is C20H31N. The molecule has 2 aliphatic rings. The molecule has 2 aliphatic carbocycles. The molecule has 116 valence electrons. The summed E-state index contributed by atoms with van der Waals surface area (Å²) in [4.78, 5) is 0. The minimum Gasteiger partial charge on any atom is -0.324 e. The van der Waals surface area contributed by atoms with Gasteiger partial charge in [-0.2, -0.15) is 0 Å². The van der Waals surface area contributed by atoms with Crippen LogP contribution in [0.4, 0.5) is 0 Å². The van der Waals surface area contributed by atoms with Crippen molar-refractivity contribution < 1.29 is 0 Å². The van der Waals surface area contributed by atoms with Crippen molar-refractivity contribution in [2.75, 3.05) is 0 Å². The zero-order chi connectivity index (χ0) is 14.9. The lowest BCUT2D eigenvalue weighted by atomic mass is 9.75. The summed E-state index contributed by atoms with van der Waals surface area (Å²) in [5.41, 5.74) is 9.89. The first kappa shape index (κ1) is 15.1. The van der Waals surface area contributed by atoms with Gasteiger partial charge in [0.25, 0.3) is 0 Å². The van der Waals surface area contributed by atoms with E-state index in [0.717, 1.165) is 5.92 Å². The van der Waals surface area contributed by atoms with Crippen molar-refractivity contribution in [2.45, 2.75) is 77.2 Å². The molecule has 1 aromatic rings. The minimum absolute atomic E-state index is 0.211. The molecule has 1 nitrogen and oxygen atoms in total. The van der Waals surface area contributed by atoms with Crippen molar-refractivity contribution in [3.8, 4) is 0 Å². The molecule has 2 unspecified atom stereocenters. The maximum Gasteiger partial charge on any atom is 0.0328 e. The monoisotopic (exact) mass is 285 g/mol.